The second-order valence-corrected chi connectivity index (χ2v) is 4.25. The molecular formula is C9H11NO5S. The van der Waals surface area contributed by atoms with E-state index in [-0.39, 0.29) is 11.3 Å². The molecule has 0 aromatic heterocycles. The van der Waals surface area contributed by atoms with Crippen LogP contribution in [-0.2, 0) is 15.1 Å². The largest absolute Gasteiger partial charge is 0.480 e. The van der Waals surface area contributed by atoms with Gasteiger partial charge in [-0.15, -0.1) is 0 Å². The number of hydrogen-bond donors (Lipinski definition) is 3. The fourth-order valence-electron chi connectivity index (χ4n) is 1.24. The maximum atomic E-state index is 10.7. The van der Waals surface area contributed by atoms with E-state index < -0.39 is 28.4 Å². The summed E-state index contributed by atoms with van der Waals surface area (Å²) in [4.78, 5) is 10.3. The molecular weight excluding hydrogens is 234 g/mol. The quantitative estimate of drug-likeness (QED) is 0.532. The molecule has 2 atom stereocenters. The molecule has 1 aliphatic carbocycles. The van der Waals surface area contributed by atoms with E-state index in [1.165, 1.54) is 18.2 Å². The number of allylic oxidation sites excluding steroid dienone is 1. The van der Waals surface area contributed by atoms with Gasteiger partial charge in [-0.2, -0.15) is 8.42 Å². The first-order valence-corrected chi connectivity index (χ1v) is 5.50. The average molecular weight is 245 g/mol. The molecule has 0 aliphatic heterocycles. The van der Waals surface area contributed by atoms with Gasteiger partial charge in [-0.25, -0.2) is 0 Å². The van der Waals surface area contributed by atoms with Crippen LogP contribution in [-0.4, -0.2) is 41.6 Å². The van der Waals surface area contributed by atoms with Crippen molar-refractivity contribution in [3.05, 3.63) is 23.8 Å². The predicted molar refractivity (Wildman–Crippen MR) is 57.4 cm³/mol. The molecule has 88 valence electrons. The highest BCUT2D eigenvalue weighted by molar-refractivity contribution is 7.73. The van der Waals surface area contributed by atoms with Gasteiger partial charge < -0.3 is 15.9 Å². The Morgan fingerprint density at radius 3 is 2.69 bits per heavy atom. The molecule has 0 heterocycles. The normalized spacial score (nSPS) is 21.5. The van der Waals surface area contributed by atoms with Crippen LogP contribution >= 0.6 is 0 Å². The molecule has 7 heteroatoms. The molecule has 0 amide bonds. The van der Waals surface area contributed by atoms with E-state index >= 15 is 0 Å². The number of carbonyl (C=O) groups is 1. The number of carboxylic acids is 1. The highest BCUT2D eigenvalue weighted by Gasteiger charge is 2.18. The standard InChI is InChI=1S/C9H11NO5S/c10-6(9(12)13)3-5-1-2-7(11)8(4-5)16(14)15/h1-2,4,6-7,11H,3,10H2,(H,12,13)/t6-,7?/m0/s1. The van der Waals surface area contributed by atoms with Crippen LogP contribution in [0.2, 0.25) is 0 Å². The maximum absolute atomic E-state index is 10.7. The Labute approximate surface area is 93.2 Å². The minimum atomic E-state index is -2.53. The summed E-state index contributed by atoms with van der Waals surface area (Å²) < 4.78 is 21.4. The van der Waals surface area contributed by atoms with Crippen LogP contribution in [0.4, 0.5) is 0 Å². The molecule has 0 aromatic carbocycles. The smallest absolute Gasteiger partial charge is 0.320 e. The summed E-state index contributed by atoms with van der Waals surface area (Å²) in [5, 5.41) is 17.9. The van der Waals surface area contributed by atoms with Gasteiger partial charge in [-0.1, -0.05) is 12.2 Å². The number of rotatable bonds is 3. The fourth-order valence-corrected chi connectivity index (χ4v) is 1.76. The molecule has 0 radical (unpaired) electrons. The van der Waals surface area contributed by atoms with Crippen molar-refractivity contribution >= 4 is 21.1 Å². The second-order valence-electron chi connectivity index (χ2n) is 3.31. The van der Waals surface area contributed by atoms with Crippen LogP contribution in [0.3, 0.4) is 0 Å². The van der Waals surface area contributed by atoms with Gasteiger partial charge in [0.2, 0.25) is 10.3 Å². The Morgan fingerprint density at radius 2 is 2.19 bits per heavy atom. The van der Waals surface area contributed by atoms with Gasteiger partial charge in [0.1, 0.15) is 17.0 Å². The van der Waals surface area contributed by atoms with Crippen molar-refractivity contribution in [2.75, 3.05) is 0 Å². The number of carboxylic acid groups (broad SMARTS) is 1. The third-order valence-corrected chi connectivity index (χ3v) is 2.82. The van der Waals surface area contributed by atoms with E-state index in [2.05, 4.69) is 0 Å². The van der Waals surface area contributed by atoms with Crippen LogP contribution in [0, 0.1) is 0 Å². The van der Waals surface area contributed by atoms with Crippen molar-refractivity contribution in [3.8, 4) is 0 Å². The Kier molecular flexibility index (Phi) is 3.99. The Hall–Kier alpha value is -1.44. The Morgan fingerprint density at radius 1 is 1.56 bits per heavy atom. The number of aliphatic hydroxyl groups excluding tert-OH is 1. The zero-order valence-electron chi connectivity index (χ0n) is 8.20. The molecule has 0 bridgehead atoms. The highest BCUT2D eigenvalue weighted by Crippen LogP contribution is 2.13. The van der Waals surface area contributed by atoms with Gasteiger partial charge in [0.15, 0.2) is 0 Å². The van der Waals surface area contributed by atoms with E-state index in [1.54, 1.807) is 0 Å². The molecule has 0 fully saturated rings. The van der Waals surface area contributed by atoms with Crippen molar-refractivity contribution in [2.24, 2.45) is 5.73 Å². The summed E-state index contributed by atoms with van der Waals surface area (Å²) in [7, 11) is -2.53. The van der Waals surface area contributed by atoms with Crippen LogP contribution in [0.25, 0.3) is 0 Å². The van der Waals surface area contributed by atoms with Crippen molar-refractivity contribution in [2.45, 2.75) is 18.6 Å². The SMILES string of the molecule is N[C@@H](CC1=CC(=S(=O)=O)C(O)C=C1)C(=O)O. The molecule has 16 heavy (non-hydrogen) atoms. The van der Waals surface area contributed by atoms with Gasteiger partial charge in [-0.05, 0) is 18.1 Å². The summed E-state index contributed by atoms with van der Waals surface area (Å²) >= 11 is 0. The van der Waals surface area contributed by atoms with Gasteiger partial charge in [0, 0.05) is 0 Å². The van der Waals surface area contributed by atoms with Gasteiger partial charge >= 0.3 is 5.97 Å². The third kappa shape index (κ3) is 3.02. The molecule has 6 nitrogen and oxygen atoms in total. The van der Waals surface area contributed by atoms with Gasteiger partial charge in [-0.3, -0.25) is 4.79 Å². The van der Waals surface area contributed by atoms with E-state index in [4.69, 9.17) is 10.8 Å². The molecule has 1 rings (SSSR count). The average Bonchev–Trinajstić information content (AvgIpc) is 2.20. The van der Waals surface area contributed by atoms with Crippen LogP contribution in [0.1, 0.15) is 6.42 Å². The maximum Gasteiger partial charge on any atom is 0.320 e. The van der Waals surface area contributed by atoms with Crippen LogP contribution < -0.4 is 5.73 Å². The lowest BCUT2D eigenvalue weighted by Gasteiger charge is -2.13. The molecule has 1 unspecified atom stereocenters. The van der Waals surface area contributed by atoms with E-state index in [1.807, 2.05) is 0 Å². The molecule has 4 N–H and O–H groups in total. The first kappa shape index (κ1) is 12.6. The topological polar surface area (TPSA) is 118 Å². The lowest BCUT2D eigenvalue weighted by Crippen LogP contribution is -2.31. The number of hydrogen-bond acceptors (Lipinski definition) is 5. The summed E-state index contributed by atoms with van der Waals surface area (Å²) in [6.07, 6.45) is 2.80. The minimum Gasteiger partial charge on any atom is -0.480 e. The zero-order chi connectivity index (χ0) is 12.3. The Balaban J connectivity index is 2.93. The van der Waals surface area contributed by atoms with Crippen LogP contribution in [0.15, 0.2) is 23.8 Å². The van der Waals surface area contributed by atoms with Crippen molar-refractivity contribution in [3.63, 3.8) is 0 Å². The van der Waals surface area contributed by atoms with Crippen molar-refractivity contribution in [1.29, 1.82) is 0 Å². The van der Waals surface area contributed by atoms with E-state index in [0.29, 0.717) is 5.57 Å². The number of aliphatic carboxylic acids is 1. The van der Waals surface area contributed by atoms with E-state index in [0.717, 1.165) is 0 Å². The highest BCUT2D eigenvalue weighted by atomic mass is 32.2. The first-order valence-electron chi connectivity index (χ1n) is 4.43. The lowest BCUT2D eigenvalue weighted by atomic mass is 9.99. The molecule has 0 saturated carbocycles. The predicted octanol–water partition coefficient (Wildman–Crippen LogP) is -1.30. The molecule has 0 aromatic rings. The number of aliphatic hydroxyl groups is 1. The van der Waals surface area contributed by atoms with Gasteiger partial charge in [0.25, 0.3) is 0 Å². The summed E-state index contributed by atoms with van der Waals surface area (Å²) in [6, 6.07) is -1.09. The summed E-state index contributed by atoms with van der Waals surface area (Å²) in [5.74, 6) is -1.16. The van der Waals surface area contributed by atoms with Crippen molar-refractivity contribution in [1.82, 2.24) is 0 Å². The minimum absolute atomic E-state index is 0.0131. The lowest BCUT2D eigenvalue weighted by molar-refractivity contribution is -0.138. The van der Waals surface area contributed by atoms with Crippen LogP contribution in [0.5, 0.6) is 0 Å². The monoisotopic (exact) mass is 245 g/mol. The number of nitrogens with two attached hydrogens (primary N) is 1. The fraction of sp³-hybridized carbons (Fsp3) is 0.333. The van der Waals surface area contributed by atoms with Crippen molar-refractivity contribution < 1.29 is 23.4 Å². The molecule has 0 spiro atoms. The van der Waals surface area contributed by atoms with Gasteiger partial charge in [0.05, 0.1) is 0 Å². The third-order valence-electron chi connectivity index (χ3n) is 2.08. The second kappa shape index (κ2) is 5.06. The first-order chi connectivity index (χ1) is 7.41. The summed E-state index contributed by atoms with van der Waals surface area (Å²) in [5.41, 5.74) is 5.76. The zero-order valence-corrected chi connectivity index (χ0v) is 9.02. The molecule has 0 saturated heterocycles. The Bertz CT molecular complexity index is 480. The molecule has 1 aliphatic rings. The van der Waals surface area contributed by atoms with E-state index in [9.17, 15) is 18.3 Å². The summed E-state index contributed by atoms with van der Waals surface area (Å²) in [6.45, 7) is 0.